The average molecular weight is 223 g/mol. The minimum absolute atomic E-state index is 0.0409. The molecule has 4 heteroatoms. The maximum absolute atomic E-state index is 11.6. The number of rotatable bonds is 4. The predicted molar refractivity (Wildman–Crippen MR) is 60.8 cm³/mol. The van der Waals surface area contributed by atoms with Crippen LogP contribution in [0, 0.1) is 13.8 Å². The third-order valence-electron chi connectivity index (χ3n) is 2.43. The summed E-state index contributed by atoms with van der Waals surface area (Å²) in [6, 6.07) is 0. The van der Waals surface area contributed by atoms with Crippen molar-refractivity contribution in [2.24, 2.45) is 0 Å². The van der Waals surface area contributed by atoms with E-state index >= 15 is 0 Å². The molecule has 0 atom stereocenters. The molecule has 1 aromatic heterocycles. The Bertz CT molecular complexity index is 418. The summed E-state index contributed by atoms with van der Waals surface area (Å²) in [5.74, 6) is -0.434. The molecule has 0 aliphatic rings. The zero-order chi connectivity index (χ0) is 12.3. The molecule has 0 bridgehead atoms. The van der Waals surface area contributed by atoms with Crippen molar-refractivity contribution in [2.45, 2.75) is 34.1 Å². The quantitative estimate of drug-likeness (QED) is 0.629. The molecule has 0 aromatic carbocycles. The molecular formula is C12H17NO3. The highest BCUT2D eigenvalue weighted by Crippen LogP contribution is 2.19. The van der Waals surface area contributed by atoms with Crippen molar-refractivity contribution in [2.75, 3.05) is 6.61 Å². The Kier molecular flexibility index (Phi) is 3.88. The first-order valence-corrected chi connectivity index (χ1v) is 5.36. The van der Waals surface area contributed by atoms with Crippen LogP contribution < -0.4 is 0 Å². The summed E-state index contributed by atoms with van der Waals surface area (Å²) in [6.07, 6.45) is 0.782. The van der Waals surface area contributed by atoms with Gasteiger partial charge in [-0.1, -0.05) is 6.92 Å². The Hall–Kier alpha value is -1.58. The van der Waals surface area contributed by atoms with Crippen molar-refractivity contribution < 1.29 is 14.3 Å². The standard InChI is InChI=1S/C12H17NO3/c1-5-6-16-12(15)11-7(2)10(9(4)14)8(3)13-11/h13H,5-6H2,1-4H3. The highest BCUT2D eigenvalue weighted by atomic mass is 16.5. The number of hydrogen-bond donors (Lipinski definition) is 1. The molecule has 4 nitrogen and oxygen atoms in total. The number of Topliss-reactive ketones (excluding diaryl/α,β-unsaturated/α-hetero) is 1. The van der Waals surface area contributed by atoms with Crippen molar-refractivity contribution in [3.8, 4) is 0 Å². The van der Waals surface area contributed by atoms with Crippen LogP contribution in [-0.2, 0) is 4.74 Å². The van der Waals surface area contributed by atoms with E-state index in [2.05, 4.69) is 4.98 Å². The third kappa shape index (κ3) is 2.32. The summed E-state index contributed by atoms with van der Waals surface area (Å²) in [5.41, 5.74) is 2.36. The van der Waals surface area contributed by atoms with Crippen molar-refractivity contribution in [3.05, 3.63) is 22.5 Å². The summed E-state index contributed by atoms with van der Waals surface area (Å²) >= 11 is 0. The first-order valence-electron chi connectivity index (χ1n) is 5.36. The van der Waals surface area contributed by atoms with Crippen molar-refractivity contribution in [1.29, 1.82) is 0 Å². The second-order valence-electron chi connectivity index (χ2n) is 3.82. The van der Waals surface area contributed by atoms with E-state index in [0.29, 0.717) is 29.1 Å². The van der Waals surface area contributed by atoms with Crippen molar-refractivity contribution >= 4 is 11.8 Å². The lowest BCUT2D eigenvalue weighted by atomic mass is 10.1. The van der Waals surface area contributed by atoms with Crippen LogP contribution in [0.15, 0.2) is 0 Å². The van der Waals surface area contributed by atoms with E-state index in [0.717, 1.165) is 6.42 Å². The SMILES string of the molecule is CCCOC(=O)c1[nH]c(C)c(C(C)=O)c1C. The Morgan fingerprint density at radius 3 is 2.38 bits per heavy atom. The molecular weight excluding hydrogens is 206 g/mol. The number of aromatic nitrogens is 1. The molecule has 1 N–H and O–H groups in total. The van der Waals surface area contributed by atoms with Gasteiger partial charge >= 0.3 is 5.97 Å². The molecule has 0 aliphatic heterocycles. The van der Waals surface area contributed by atoms with Crippen molar-refractivity contribution in [3.63, 3.8) is 0 Å². The summed E-state index contributed by atoms with van der Waals surface area (Å²) in [4.78, 5) is 25.9. The number of carbonyl (C=O) groups excluding carboxylic acids is 2. The predicted octanol–water partition coefficient (Wildman–Crippen LogP) is 2.40. The Labute approximate surface area is 95.0 Å². The zero-order valence-electron chi connectivity index (χ0n) is 10.1. The molecule has 0 saturated carbocycles. The molecule has 88 valence electrons. The van der Waals surface area contributed by atoms with Crippen LogP contribution in [0.25, 0.3) is 0 Å². The summed E-state index contributed by atoms with van der Waals surface area (Å²) in [5, 5.41) is 0. The Morgan fingerprint density at radius 1 is 1.31 bits per heavy atom. The minimum Gasteiger partial charge on any atom is -0.461 e. The molecule has 0 spiro atoms. The molecule has 0 radical (unpaired) electrons. The summed E-state index contributed by atoms with van der Waals surface area (Å²) < 4.78 is 5.02. The number of ketones is 1. The lowest BCUT2D eigenvalue weighted by Crippen LogP contribution is -2.08. The second kappa shape index (κ2) is 4.96. The Balaban J connectivity index is 3.03. The van der Waals surface area contributed by atoms with Crippen LogP contribution in [0.4, 0.5) is 0 Å². The zero-order valence-corrected chi connectivity index (χ0v) is 10.1. The number of ether oxygens (including phenoxy) is 1. The van der Waals surface area contributed by atoms with Gasteiger partial charge in [0.1, 0.15) is 5.69 Å². The van der Waals surface area contributed by atoms with Gasteiger partial charge in [-0.25, -0.2) is 4.79 Å². The number of hydrogen-bond acceptors (Lipinski definition) is 3. The largest absolute Gasteiger partial charge is 0.461 e. The van der Waals surface area contributed by atoms with Gasteiger partial charge in [0.2, 0.25) is 0 Å². The van der Waals surface area contributed by atoms with Crippen LogP contribution >= 0.6 is 0 Å². The van der Waals surface area contributed by atoms with Crippen molar-refractivity contribution in [1.82, 2.24) is 4.98 Å². The number of aromatic amines is 1. The monoisotopic (exact) mass is 223 g/mol. The minimum atomic E-state index is -0.394. The molecule has 0 aliphatic carbocycles. The number of carbonyl (C=O) groups is 2. The van der Waals surface area contributed by atoms with Crippen LogP contribution in [-0.4, -0.2) is 23.3 Å². The molecule has 16 heavy (non-hydrogen) atoms. The molecule has 0 unspecified atom stereocenters. The van der Waals surface area contributed by atoms with E-state index in [9.17, 15) is 9.59 Å². The van der Waals surface area contributed by atoms with Crippen LogP contribution in [0.2, 0.25) is 0 Å². The number of esters is 1. The molecule has 0 amide bonds. The summed E-state index contributed by atoms with van der Waals surface area (Å²) in [6.45, 7) is 7.35. The van der Waals surface area contributed by atoms with E-state index in [1.54, 1.807) is 13.8 Å². The van der Waals surface area contributed by atoms with E-state index in [4.69, 9.17) is 4.74 Å². The molecule has 0 fully saturated rings. The fraction of sp³-hybridized carbons (Fsp3) is 0.500. The van der Waals surface area contributed by atoms with Crippen LogP contribution in [0.5, 0.6) is 0 Å². The van der Waals surface area contributed by atoms with Gasteiger partial charge < -0.3 is 9.72 Å². The highest BCUT2D eigenvalue weighted by molar-refractivity contribution is 6.01. The van der Waals surface area contributed by atoms with Gasteiger partial charge in [-0.3, -0.25) is 4.79 Å². The first-order chi connectivity index (χ1) is 7.49. The van der Waals surface area contributed by atoms with E-state index in [1.165, 1.54) is 6.92 Å². The van der Waals surface area contributed by atoms with E-state index < -0.39 is 5.97 Å². The molecule has 1 aromatic rings. The lowest BCUT2D eigenvalue weighted by molar-refractivity contribution is 0.0498. The third-order valence-corrected chi connectivity index (χ3v) is 2.43. The van der Waals surface area contributed by atoms with Crippen LogP contribution in [0.3, 0.4) is 0 Å². The number of aryl methyl sites for hydroxylation is 1. The smallest absolute Gasteiger partial charge is 0.355 e. The topological polar surface area (TPSA) is 59.2 Å². The van der Waals surface area contributed by atoms with Gasteiger partial charge in [-0.15, -0.1) is 0 Å². The lowest BCUT2D eigenvalue weighted by Gasteiger charge is -2.02. The van der Waals surface area contributed by atoms with E-state index in [1.807, 2.05) is 6.92 Å². The van der Waals surface area contributed by atoms with Gasteiger partial charge in [-0.2, -0.15) is 0 Å². The number of nitrogens with one attached hydrogen (secondary N) is 1. The molecule has 1 heterocycles. The van der Waals surface area contributed by atoms with Gasteiger partial charge in [0.05, 0.1) is 6.61 Å². The van der Waals surface area contributed by atoms with Gasteiger partial charge in [0, 0.05) is 11.3 Å². The summed E-state index contributed by atoms with van der Waals surface area (Å²) in [7, 11) is 0. The van der Waals surface area contributed by atoms with E-state index in [-0.39, 0.29) is 5.78 Å². The maximum atomic E-state index is 11.6. The number of H-pyrrole nitrogens is 1. The molecule has 1 rings (SSSR count). The maximum Gasteiger partial charge on any atom is 0.355 e. The fourth-order valence-electron chi connectivity index (χ4n) is 1.75. The van der Waals surface area contributed by atoms with Gasteiger partial charge in [0.25, 0.3) is 0 Å². The first kappa shape index (κ1) is 12.5. The normalized spacial score (nSPS) is 10.2. The Morgan fingerprint density at radius 2 is 1.94 bits per heavy atom. The highest BCUT2D eigenvalue weighted by Gasteiger charge is 2.20. The van der Waals surface area contributed by atoms with Gasteiger partial charge in [0.15, 0.2) is 5.78 Å². The fourth-order valence-corrected chi connectivity index (χ4v) is 1.75. The average Bonchev–Trinajstić information content (AvgIpc) is 2.50. The van der Waals surface area contributed by atoms with Crippen LogP contribution in [0.1, 0.15) is 52.4 Å². The van der Waals surface area contributed by atoms with Gasteiger partial charge in [-0.05, 0) is 32.8 Å². The second-order valence-corrected chi connectivity index (χ2v) is 3.82. The molecule has 0 saturated heterocycles.